The second kappa shape index (κ2) is 6.80. The van der Waals surface area contributed by atoms with Crippen molar-refractivity contribution in [3.05, 3.63) is 0 Å². The fourth-order valence-corrected chi connectivity index (χ4v) is 1.87. The quantitative estimate of drug-likeness (QED) is 0.668. The van der Waals surface area contributed by atoms with Crippen LogP contribution in [0.25, 0.3) is 0 Å². The number of hydrogen-bond donors (Lipinski definition) is 2. The van der Waals surface area contributed by atoms with Crippen molar-refractivity contribution in [2.45, 2.75) is 51.2 Å². The molecule has 0 spiro atoms. The summed E-state index contributed by atoms with van der Waals surface area (Å²) < 4.78 is 5.10. The summed E-state index contributed by atoms with van der Waals surface area (Å²) in [6, 6.07) is -0.0483. The van der Waals surface area contributed by atoms with Crippen molar-refractivity contribution in [3.63, 3.8) is 0 Å². The Balaban J connectivity index is 2.18. The molecular weight excluding hydrogens is 194 g/mol. The van der Waals surface area contributed by atoms with Gasteiger partial charge in [0.15, 0.2) is 0 Å². The maximum absolute atomic E-state index is 11.4. The van der Waals surface area contributed by atoms with E-state index in [1.807, 2.05) is 6.92 Å². The molecule has 1 aliphatic carbocycles. The molecule has 0 saturated heterocycles. The lowest BCUT2D eigenvalue weighted by atomic mass is 9.92. The van der Waals surface area contributed by atoms with Crippen molar-refractivity contribution < 1.29 is 14.6 Å². The first-order valence-electron chi connectivity index (χ1n) is 5.79. The van der Waals surface area contributed by atoms with Gasteiger partial charge in [0, 0.05) is 13.0 Å². The van der Waals surface area contributed by atoms with Crippen molar-refractivity contribution in [1.82, 2.24) is 5.32 Å². The zero-order valence-electron chi connectivity index (χ0n) is 9.37. The number of hydrogen-bond acceptors (Lipinski definition) is 3. The van der Waals surface area contributed by atoms with Crippen LogP contribution in [0.4, 0.5) is 0 Å². The lowest BCUT2D eigenvalue weighted by molar-refractivity contribution is -0.124. The van der Waals surface area contributed by atoms with Crippen LogP contribution in [0.1, 0.15) is 39.0 Å². The molecule has 1 rings (SSSR count). The standard InChI is InChI=1S/C11H21NO3/c1-2-15-8-7-11(14)12-9-5-3-4-6-10(9)13/h9-10,13H,2-8H2,1H3,(H,12,14). The Morgan fingerprint density at radius 1 is 1.47 bits per heavy atom. The summed E-state index contributed by atoms with van der Waals surface area (Å²) in [4.78, 5) is 11.4. The molecule has 0 heterocycles. The second-order valence-electron chi connectivity index (χ2n) is 3.97. The zero-order chi connectivity index (χ0) is 11.1. The highest BCUT2D eigenvalue weighted by Gasteiger charge is 2.23. The average molecular weight is 215 g/mol. The van der Waals surface area contributed by atoms with E-state index in [1.165, 1.54) is 0 Å². The van der Waals surface area contributed by atoms with Gasteiger partial charge >= 0.3 is 0 Å². The molecule has 1 aliphatic rings. The van der Waals surface area contributed by atoms with Crippen LogP contribution < -0.4 is 5.32 Å². The molecule has 0 aromatic heterocycles. The molecule has 4 heteroatoms. The first-order valence-corrected chi connectivity index (χ1v) is 5.79. The minimum absolute atomic E-state index is 0.0191. The van der Waals surface area contributed by atoms with E-state index < -0.39 is 0 Å². The molecule has 1 saturated carbocycles. The predicted molar refractivity (Wildman–Crippen MR) is 57.5 cm³/mol. The van der Waals surface area contributed by atoms with E-state index in [0.29, 0.717) is 19.6 Å². The van der Waals surface area contributed by atoms with Crippen molar-refractivity contribution in [1.29, 1.82) is 0 Å². The van der Waals surface area contributed by atoms with Gasteiger partial charge in [-0.1, -0.05) is 12.8 Å². The van der Waals surface area contributed by atoms with E-state index in [2.05, 4.69) is 5.32 Å². The van der Waals surface area contributed by atoms with Gasteiger partial charge in [0.25, 0.3) is 0 Å². The van der Waals surface area contributed by atoms with Crippen LogP contribution >= 0.6 is 0 Å². The highest BCUT2D eigenvalue weighted by Crippen LogP contribution is 2.18. The number of rotatable bonds is 5. The Morgan fingerprint density at radius 2 is 2.20 bits per heavy atom. The van der Waals surface area contributed by atoms with Crippen LogP contribution in [0, 0.1) is 0 Å². The monoisotopic (exact) mass is 215 g/mol. The maximum atomic E-state index is 11.4. The maximum Gasteiger partial charge on any atom is 0.222 e. The van der Waals surface area contributed by atoms with E-state index in [-0.39, 0.29) is 18.1 Å². The third-order valence-electron chi connectivity index (χ3n) is 2.75. The van der Waals surface area contributed by atoms with E-state index in [1.54, 1.807) is 0 Å². The Bertz CT molecular complexity index is 196. The molecule has 0 aromatic rings. The molecule has 0 radical (unpaired) electrons. The van der Waals surface area contributed by atoms with Gasteiger partial charge in [0.2, 0.25) is 5.91 Å². The second-order valence-corrected chi connectivity index (χ2v) is 3.97. The third-order valence-corrected chi connectivity index (χ3v) is 2.75. The number of carbonyl (C=O) groups is 1. The molecule has 0 aliphatic heterocycles. The molecule has 2 N–H and O–H groups in total. The van der Waals surface area contributed by atoms with E-state index in [9.17, 15) is 9.90 Å². The van der Waals surface area contributed by atoms with Crippen LogP contribution in [0.2, 0.25) is 0 Å². The van der Waals surface area contributed by atoms with Crippen molar-refractivity contribution in [2.75, 3.05) is 13.2 Å². The van der Waals surface area contributed by atoms with Crippen molar-refractivity contribution >= 4 is 5.91 Å². The van der Waals surface area contributed by atoms with Gasteiger partial charge in [-0.2, -0.15) is 0 Å². The summed E-state index contributed by atoms with van der Waals surface area (Å²) in [5.74, 6) is -0.0191. The summed E-state index contributed by atoms with van der Waals surface area (Å²) in [5.41, 5.74) is 0. The normalized spacial score (nSPS) is 26.3. The molecule has 2 atom stereocenters. The molecule has 2 unspecified atom stereocenters. The minimum Gasteiger partial charge on any atom is -0.391 e. The smallest absolute Gasteiger partial charge is 0.222 e. The fraction of sp³-hybridized carbons (Fsp3) is 0.909. The van der Waals surface area contributed by atoms with Gasteiger partial charge in [-0.3, -0.25) is 4.79 Å². The van der Waals surface area contributed by atoms with Crippen LogP contribution in [-0.4, -0.2) is 36.4 Å². The van der Waals surface area contributed by atoms with Gasteiger partial charge in [-0.05, 0) is 19.8 Å². The Morgan fingerprint density at radius 3 is 2.87 bits per heavy atom. The molecule has 1 fully saturated rings. The lowest BCUT2D eigenvalue weighted by Gasteiger charge is -2.28. The van der Waals surface area contributed by atoms with Crippen molar-refractivity contribution in [3.8, 4) is 0 Å². The molecule has 4 nitrogen and oxygen atoms in total. The van der Waals surface area contributed by atoms with Crippen LogP contribution in [0.15, 0.2) is 0 Å². The minimum atomic E-state index is -0.366. The van der Waals surface area contributed by atoms with E-state index in [0.717, 1.165) is 25.7 Å². The molecule has 0 bridgehead atoms. The lowest BCUT2D eigenvalue weighted by Crippen LogP contribution is -2.45. The zero-order valence-corrected chi connectivity index (χ0v) is 9.37. The third kappa shape index (κ3) is 4.62. The Kier molecular flexibility index (Phi) is 5.65. The molecule has 1 amide bonds. The van der Waals surface area contributed by atoms with Gasteiger partial charge in [-0.15, -0.1) is 0 Å². The molecule has 15 heavy (non-hydrogen) atoms. The summed E-state index contributed by atoms with van der Waals surface area (Å²) in [5, 5.41) is 12.5. The van der Waals surface area contributed by atoms with Gasteiger partial charge in [0.05, 0.1) is 18.8 Å². The topological polar surface area (TPSA) is 58.6 Å². The fourth-order valence-electron chi connectivity index (χ4n) is 1.87. The summed E-state index contributed by atoms with van der Waals surface area (Å²) in [6.07, 6.45) is 3.87. The summed E-state index contributed by atoms with van der Waals surface area (Å²) >= 11 is 0. The van der Waals surface area contributed by atoms with Crippen LogP contribution in [0.3, 0.4) is 0 Å². The van der Waals surface area contributed by atoms with Gasteiger partial charge < -0.3 is 15.2 Å². The highest BCUT2D eigenvalue weighted by molar-refractivity contribution is 5.76. The highest BCUT2D eigenvalue weighted by atomic mass is 16.5. The number of aliphatic hydroxyl groups excluding tert-OH is 1. The Labute approximate surface area is 91.0 Å². The Hall–Kier alpha value is -0.610. The first-order chi connectivity index (χ1) is 7.24. The van der Waals surface area contributed by atoms with Crippen LogP contribution in [-0.2, 0) is 9.53 Å². The number of nitrogens with one attached hydrogen (secondary N) is 1. The predicted octanol–water partition coefficient (Wildman–Crippen LogP) is 0.833. The number of ether oxygens (including phenoxy) is 1. The van der Waals surface area contributed by atoms with Gasteiger partial charge in [-0.25, -0.2) is 0 Å². The summed E-state index contributed by atoms with van der Waals surface area (Å²) in [7, 11) is 0. The summed E-state index contributed by atoms with van der Waals surface area (Å²) in [6.45, 7) is 3.01. The van der Waals surface area contributed by atoms with Crippen LogP contribution in [0.5, 0.6) is 0 Å². The largest absolute Gasteiger partial charge is 0.391 e. The molecular formula is C11H21NO3. The van der Waals surface area contributed by atoms with E-state index >= 15 is 0 Å². The number of carbonyl (C=O) groups excluding carboxylic acids is 1. The number of aliphatic hydroxyl groups is 1. The number of amides is 1. The SMILES string of the molecule is CCOCCC(=O)NC1CCCCC1O. The first kappa shape index (κ1) is 12.5. The van der Waals surface area contributed by atoms with E-state index in [4.69, 9.17) is 4.74 Å². The molecule has 88 valence electrons. The average Bonchev–Trinajstić information content (AvgIpc) is 2.22. The van der Waals surface area contributed by atoms with Gasteiger partial charge in [0.1, 0.15) is 0 Å². The molecule has 0 aromatic carbocycles. The van der Waals surface area contributed by atoms with Crippen molar-refractivity contribution in [2.24, 2.45) is 0 Å².